The van der Waals surface area contributed by atoms with Crippen LogP contribution in [0.5, 0.6) is 0 Å². The van der Waals surface area contributed by atoms with Gasteiger partial charge in [0.1, 0.15) is 0 Å². The van der Waals surface area contributed by atoms with E-state index in [9.17, 15) is 0 Å². The lowest BCUT2D eigenvalue weighted by molar-refractivity contribution is 0.839. The summed E-state index contributed by atoms with van der Waals surface area (Å²) in [6.45, 7) is 2.91. The average Bonchev–Trinajstić information content (AvgIpc) is 2.56. The van der Waals surface area contributed by atoms with Crippen molar-refractivity contribution in [3.05, 3.63) is 23.3 Å². The fourth-order valence-corrected chi connectivity index (χ4v) is 2.23. The lowest BCUT2D eigenvalue weighted by atomic mass is 10.0. The zero-order valence-electron chi connectivity index (χ0n) is 9.43. The first-order valence-corrected chi connectivity index (χ1v) is 5.54. The zero-order valence-corrected chi connectivity index (χ0v) is 9.43. The van der Waals surface area contributed by atoms with Gasteiger partial charge in [-0.3, -0.25) is 0 Å². The summed E-state index contributed by atoms with van der Waals surface area (Å²) < 4.78 is 0. The van der Waals surface area contributed by atoms with Crippen molar-refractivity contribution in [1.82, 2.24) is 0 Å². The molecule has 0 aliphatic carbocycles. The lowest BCUT2D eigenvalue weighted by Gasteiger charge is -2.11. The molecule has 4 N–H and O–H groups in total. The number of hydrogen-bond donors (Lipinski definition) is 3. The van der Waals surface area contributed by atoms with E-state index < -0.39 is 0 Å². The van der Waals surface area contributed by atoms with Gasteiger partial charge in [-0.05, 0) is 49.6 Å². The molecule has 1 unspecified atom stereocenters. The molecule has 2 rings (SSSR count). The van der Waals surface area contributed by atoms with Crippen molar-refractivity contribution in [3.8, 4) is 0 Å². The number of rotatable bonds is 3. The Bertz CT molecular complexity index is 360. The Hall–Kier alpha value is -1.22. The number of hydrogen-bond acceptors (Lipinski definition) is 3. The van der Waals surface area contributed by atoms with E-state index in [1.54, 1.807) is 0 Å². The topological polar surface area (TPSA) is 50.1 Å². The van der Waals surface area contributed by atoms with Crippen molar-refractivity contribution in [1.29, 1.82) is 0 Å². The van der Waals surface area contributed by atoms with E-state index >= 15 is 0 Å². The summed E-state index contributed by atoms with van der Waals surface area (Å²) in [4.78, 5) is 0. The Morgan fingerprint density at radius 2 is 2.33 bits per heavy atom. The van der Waals surface area contributed by atoms with Crippen LogP contribution >= 0.6 is 0 Å². The first-order chi connectivity index (χ1) is 7.24. The third-order valence-corrected chi connectivity index (χ3v) is 2.94. The summed E-state index contributed by atoms with van der Waals surface area (Å²) in [5.74, 6) is 0. The minimum Gasteiger partial charge on any atom is -0.388 e. The van der Waals surface area contributed by atoms with Crippen LogP contribution in [0.4, 0.5) is 11.4 Å². The van der Waals surface area contributed by atoms with Gasteiger partial charge in [-0.25, -0.2) is 0 Å². The molecule has 1 aliphatic rings. The molecule has 0 amide bonds. The van der Waals surface area contributed by atoms with Gasteiger partial charge in [0.15, 0.2) is 0 Å². The van der Waals surface area contributed by atoms with Gasteiger partial charge in [-0.2, -0.15) is 0 Å². The fourth-order valence-electron chi connectivity index (χ4n) is 2.23. The van der Waals surface area contributed by atoms with Crippen molar-refractivity contribution < 1.29 is 0 Å². The number of fused-ring (bicyclic) bond motifs is 1. The van der Waals surface area contributed by atoms with Crippen molar-refractivity contribution in [3.63, 3.8) is 0 Å². The maximum absolute atomic E-state index is 5.61. The molecule has 1 aromatic rings. The van der Waals surface area contributed by atoms with Gasteiger partial charge >= 0.3 is 0 Å². The molecule has 1 aromatic carbocycles. The van der Waals surface area contributed by atoms with Crippen LogP contribution in [0.25, 0.3) is 0 Å². The SMILES string of the molecule is CNc1cc2c(cc1CCN)NC(C)C2. The van der Waals surface area contributed by atoms with E-state index in [0.717, 1.165) is 12.8 Å². The summed E-state index contributed by atoms with van der Waals surface area (Å²) in [6.07, 6.45) is 2.05. The molecule has 0 bridgehead atoms. The van der Waals surface area contributed by atoms with Crippen LogP contribution in [0.3, 0.4) is 0 Å². The van der Waals surface area contributed by atoms with Crippen molar-refractivity contribution in [2.45, 2.75) is 25.8 Å². The molecule has 0 saturated carbocycles. The summed E-state index contributed by atoms with van der Waals surface area (Å²) in [6, 6.07) is 5.03. The second-order valence-electron chi connectivity index (χ2n) is 4.20. The normalized spacial score (nSPS) is 18.5. The van der Waals surface area contributed by atoms with Crippen LogP contribution in [0, 0.1) is 0 Å². The van der Waals surface area contributed by atoms with E-state index in [1.807, 2.05) is 7.05 Å². The molecule has 82 valence electrons. The predicted molar refractivity (Wildman–Crippen MR) is 65.5 cm³/mol. The van der Waals surface area contributed by atoms with Crippen molar-refractivity contribution in [2.75, 3.05) is 24.2 Å². The monoisotopic (exact) mass is 205 g/mol. The zero-order chi connectivity index (χ0) is 10.8. The highest BCUT2D eigenvalue weighted by Gasteiger charge is 2.18. The summed E-state index contributed by atoms with van der Waals surface area (Å²) >= 11 is 0. The second-order valence-corrected chi connectivity index (χ2v) is 4.20. The molecule has 0 fully saturated rings. The quantitative estimate of drug-likeness (QED) is 0.702. The van der Waals surface area contributed by atoms with Gasteiger partial charge in [0.2, 0.25) is 0 Å². The number of benzene rings is 1. The molecule has 15 heavy (non-hydrogen) atoms. The van der Waals surface area contributed by atoms with E-state index in [0.29, 0.717) is 12.6 Å². The van der Waals surface area contributed by atoms with Crippen molar-refractivity contribution >= 4 is 11.4 Å². The molecule has 0 saturated heterocycles. The first-order valence-electron chi connectivity index (χ1n) is 5.54. The molecular formula is C12H19N3. The molecule has 3 heteroatoms. The third kappa shape index (κ3) is 1.92. The third-order valence-electron chi connectivity index (χ3n) is 2.94. The minimum atomic E-state index is 0.554. The van der Waals surface area contributed by atoms with Gasteiger partial charge < -0.3 is 16.4 Å². The molecule has 1 heterocycles. The van der Waals surface area contributed by atoms with E-state index in [1.165, 1.54) is 22.5 Å². The molecule has 0 aromatic heterocycles. The Morgan fingerprint density at radius 1 is 1.53 bits per heavy atom. The maximum Gasteiger partial charge on any atom is 0.0379 e. The van der Waals surface area contributed by atoms with Crippen LogP contribution in [-0.4, -0.2) is 19.6 Å². The standard InChI is InChI=1S/C12H19N3/c1-8-5-10-7-11(14-2)9(3-4-13)6-12(10)15-8/h6-8,14-15H,3-5,13H2,1-2H3. The van der Waals surface area contributed by atoms with Gasteiger partial charge in [0.25, 0.3) is 0 Å². The molecule has 1 aliphatic heterocycles. The van der Waals surface area contributed by atoms with Crippen LogP contribution < -0.4 is 16.4 Å². The molecule has 3 nitrogen and oxygen atoms in total. The van der Waals surface area contributed by atoms with Crippen LogP contribution in [0.2, 0.25) is 0 Å². The van der Waals surface area contributed by atoms with Crippen LogP contribution in [0.15, 0.2) is 12.1 Å². The van der Waals surface area contributed by atoms with Crippen LogP contribution in [0.1, 0.15) is 18.1 Å². The lowest BCUT2D eigenvalue weighted by Crippen LogP contribution is -2.08. The predicted octanol–water partition coefficient (Wildman–Crippen LogP) is 1.59. The summed E-state index contributed by atoms with van der Waals surface area (Å²) in [5.41, 5.74) is 10.8. The van der Waals surface area contributed by atoms with Crippen LogP contribution in [-0.2, 0) is 12.8 Å². The van der Waals surface area contributed by atoms with Gasteiger partial charge in [0.05, 0.1) is 0 Å². The molecule has 1 atom stereocenters. The van der Waals surface area contributed by atoms with E-state index in [4.69, 9.17) is 5.73 Å². The Kier molecular flexibility index (Phi) is 2.82. The van der Waals surface area contributed by atoms with E-state index in [-0.39, 0.29) is 0 Å². The van der Waals surface area contributed by atoms with E-state index in [2.05, 4.69) is 29.7 Å². The first kappa shape index (κ1) is 10.3. The fraction of sp³-hybridized carbons (Fsp3) is 0.500. The maximum atomic E-state index is 5.61. The summed E-state index contributed by atoms with van der Waals surface area (Å²) in [5, 5.41) is 6.72. The largest absolute Gasteiger partial charge is 0.388 e. The average molecular weight is 205 g/mol. The number of nitrogens with two attached hydrogens (primary N) is 1. The smallest absolute Gasteiger partial charge is 0.0379 e. The minimum absolute atomic E-state index is 0.554. The van der Waals surface area contributed by atoms with Crippen molar-refractivity contribution in [2.24, 2.45) is 5.73 Å². The Balaban J connectivity index is 2.36. The van der Waals surface area contributed by atoms with Gasteiger partial charge in [-0.1, -0.05) is 0 Å². The van der Waals surface area contributed by atoms with Gasteiger partial charge in [-0.15, -0.1) is 0 Å². The highest BCUT2D eigenvalue weighted by molar-refractivity contribution is 5.67. The Labute approximate surface area is 91.1 Å². The summed E-state index contributed by atoms with van der Waals surface area (Å²) in [7, 11) is 1.97. The highest BCUT2D eigenvalue weighted by Crippen LogP contribution is 2.31. The number of anilines is 2. The molecule has 0 spiro atoms. The highest BCUT2D eigenvalue weighted by atomic mass is 14.9. The molecule has 0 radical (unpaired) electrons. The second kappa shape index (κ2) is 4.11. The molecular weight excluding hydrogens is 186 g/mol. The number of nitrogens with one attached hydrogen (secondary N) is 2. The Morgan fingerprint density at radius 3 is 3.00 bits per heavy atom. The van der Waals surface area contributed by atoms with Gasteiger partial charge in [0, 0.05) is 24.5 Å².